The van der Waals surface area contributed by atoms with Crippen LogP contribution in [0.4, 0.5) is 11.5 Å². The van der Waals surface area contributed by atoms with Crippen molar-refractivity contribution in [2.24, 2.45) is 5.73 Å². The summed E-state index contributed by atoms with van der Waals surface area (Å²) in [5, 5.41) is 3.39. The van der Waals surface area contributed by atoms with Crippen LogP contribution >= 0.6 is 0 Å². The van der Waals surface area contributed by atoms with E-state index in [4.69, 9.17) is 5.73 Å². The number of nitrogens with two attached hydrogens (primary N) is 1. The van der Waals surface area contributed by atoms with Gasteiger partial charge >= 0.3 is 0 Å². The quantitative estimate of drug-likeness (QED) is 0.878. The number of aromatic nitrogens is 2. The van der Waals surface area contributed by atoms with Gasteiger partial charge in [0.2, 0.25) is 0 Å². The average Bonchev–Trinajstić information content (AvgIpc) is 2.91. The third kappa shape index (κ3) is 2.58. The molecule has 0 unspecified atom stereocenters. The van der Waals surface area contributed by atoms with Crippen molar-refractivity contribution in [2.75, 3.05) is 11.9 Å². The van der Waals surface area contributed by atoms with E-state index in [2.05, 4.69) is 39.6 Å². The molecule has 1 aliphatic carbocycles. The number of hydrogen-bond acceptors (Lipinski definition) is 4. The van der Waals surface area contributed by atoms with Gasteiger partial charge in [-0.05, 0) is 49.9 Å². The summed E-state index contributed by atoms with van der Waals surface area (Å²) < 4.78 is 0. The summed E-state index contributed by atoms with van der Waals surface area (Å²) in [4.78, 5) is 8.70. The summed E-state index contributed by atoms with van der Waals surface area (Å²) in [5.74, 6) is 0.953. The summed E-state index contributed by atoms with van der Waals surface area (Å²) in [6.07, 6.45) is 5.89. The van der Waals surface area contributed by atoms with Crippen molar-refractivity contribution in [1.82, 2.24) is 9.97 Å². The molecular formula is C15H18N4. The van der Waals surface area contributed by atoms with Gasteiger partial charge in [-0.15, -0.1) is 0 Å². The first kappa shape index (κ1) is 12.1. The van der Waals surface area contributed by atoms with Gasteiger partial charge in [0, 0.05) is 16.9 Å². The minimum absolute atomic E-state index is 0.687. The molecular weight excluding hydrogens is 236 g/mol. The highest BCUT2D eigenvalue weighted by molar-refractivity contribution is 5.60. The monoisotopic (exact) mass is 254 g/mol. The number of hydrogen-bond donors (Lipinski definition) is 2. The second-order valence-electron chi connectivity index (χ2n) is 4.86. The molecule has 3 N–H and O–H groups in total. The Bertz CT molecular complexity index is 563. The Balaban J connectivity index is 1.80. The number of benzene rings is 1. The van der Waals surface area contributed by atoms with Gasteiger partial charge in [0.15, 0.2) is 0 Å². The highest BCUT2D eigenvalue weighted by atomic mass is 15.0. The maximum Gasteiger partial charge on any atom is 0.137 e. The van der Waals surface area contributed by atoms with Crippen molar-refractivity contribution in [2.45, 2.75) is 25.7 Å². The Kier molecular flexibility index (Phi) is 3.42. The smallest absolute Gasteiger partial charge is 0.137 e. The largest absolute Gasteiger partial charge is 0.340 e. The molecule has 0 aliphatic heterocycles. The lowest BCUT2D eigenvalue weighted by Gasteiger charge is -2.10. The second kappa shape index (κ2) is 5.36. The highest BCUT2D eigenvalue weighted by Crippen LogP contribution is 2.27. The van der Waals surface area contributed by atoms with Crippen LogP contribution in [0.5, 0.6) is 0 Å². The number of fused-ring (bicyclic) bond motifs is 1. The van der Waals surface area contributed by atoms with Crippen LogP contribution in [0.15, 0.2) is 30.6 Å². The summed E-state index contributed by atoms with van der Waals surface area (Å²) >= 11 is 0. The first-order chi connectivity index (χ1) is 9.36. The van der Waals surface area contributed by atoms with E-state index < -0.39 is 0 Å². The molecule has 1 aromatic carbocycles. The van der Waals surface area contributed by atoms with Gasteiger partial charge < -0.3 is 11.1 Å². The predicted octanol–water partition coefficient (Wildman–Crippen LogP) is 2.21. The van der Waals surface area contributed by atoms with E-state index in [9.17, 15) is 0 Å². The summed E-state index contributed by atoms with van der Waals surface area (Å²) in [6.45, 7) is 0.687. The number of aryl methyl sites for hydroxylation is 1. The Hall–Kier alpha value is -1.94. The minimum Gasteiger partial charge on any atom is -0.340 e. The minimum atomic E-state index is 0.687. The lowest BCUT2D eigenvalue weighted by atomic mass is 10.1. The topological polar surface area (TPSA) is 63.8 Å². The Morgan fingerprint density at radius 1 is 1.11 bits per heavy atom. The molecule has 0 atom stereocenters. The fraction of sp³-hybridized carbons (Fsp3) is 0.333. The van der Waals surface area contributed by atoms with Gasteiger partial charge in [-0.1, -0.05) is 12.1 Å². The third-order valence-electron chi connectivity index (χ3n) is 3.52. The highest BCUT2D eigenvalue weighted by Gasteiger charge is 2.16. The van der Waals surface area contributed by atoms with Gasteiger partial charge in [0.05, 0.1) is 0 Å². The van der Waals surface area contributed by atoms with Crippen LogP contribution in [0.1, 0.15) is 23.2 Å². The second-order valence-corrected chi connectivity index (χ2v) is 4.86. The molecule has 0 saturated carbocycles. The molecule has 0 spiro atoms. The predicted molar refractivity (Wildman–Crippen MR) is 76.5 cm³/mol. The van der Waals surface area contributed by atoms with E-state index in [1.54, 1.807) is 6.33 Å². The maximum atomic E-state index is 5.55. The van der Waals surface area contributed by atoms with Crippen molar-refractivity contribution < 1.29 is 0 Å². The van der Waals surface area contributed by atoms with Gasteiger partial charge in [-0.25, -0.2) is 9.97 Å². The van der Waals surface area contributed by atoms with Gasteiger partial charge in [0.1, 0.15) is 12.1 Å². The molecule has 3 rings (SSSR count). The van der Waals surface area contributed by atoms with E-state index in [1.807, 2.05) is 0 Å². The molecule has 19 heavy (non-hydrogen) atoms. The number of anilines is 2. The molecule has 0 radical (unpaired) electrons. The lowest BCUT2D eigenvalue weighted by molar-refractivity contribution is 0.899. The zero-order valence-electron chi connectivity index (χ0n) is 10.9. The summed E-state index contributed by atoms with van der Waals surface area (Å²) in [7, 11) is 0. The molecule has 0 amide bonds. The van der Waals surface area contributed by atoms with Gasteiger partial charge in [0.25, 0.3) is 0 Å². The number of rotatable bonds is 4. The molecule has 2 aromatic rings. The molecule has 1 aliphatic rings. The molecule has 0 bridgehead atoms. The molecule has 1 aromatic heterocycles. The molecule has 4 nitrogen and oxygen atoms in total. The zero-order chi connectivity index (χ0) is 13.1. The molecule has 1 heterocycles. The van der Waals surface area contributed by atoms with Crippen LogP contribution in [-0.2, 0) is 19.3 Å². The first-order valence-corrected chi connectivity index (χ1v) is 6.75. The standard InChI is InChI=1S/C15H18N4/c16-9-8-11-4-6-12(7-5-11)19-15-13-2-1-3-14(13)17-10-18-15/h4-7,10H,1-3,8-9,16H2,(H,17,18,19). The fourth-order valence-electron chi connectivity index (χ4n) is 2.53. The molecule has 0 fully saturated rings. The van der Waals surface area contributed by atoms with Crippen molar-refractivity contribution in [3.8, 4) is 0 Å². The van der Waals surface area contributed by atoms with Crippen LogP contribution < -0.4 is 11.1 Å². The van der Waals surface area contributed by atoms with Crippen LogP contribution in [0.25, 0.3) is 0 Å². The SMILES string of the molecule is NCCc1ccc(Nc2ncnc3c2CCC3)cc1. The van der Waals surface area contributed by atoms with Crippen LogP contribution in [0.3, 0.4) is 0 Å². The number of nitrogens with one attached hydrogen (secondary N) is 1. The average molecular weight is 254 g/mol. The normalized spacial score (nSPS) is 13.3. The summed E-state index contributed by atoms with van der Waals surface area (Å²) in [5.41, 5.74) is 10.3. The van der Waals surface area contributed by atoms with E-state index in [-0.39, 0.29) is 0 Å². The van der Waals surface area contributed by atoms with E-state index in [0.29, 0.717) is 6.54 Å². The zero-order valence-corrected chi connectivity index (χ0v) is 10.9. The Morgan fingerprint density at radius 3 is 2.74 bits per heavy atom. The molecule has 0 saturated heterocycles. The fourth-order valence-corrected chi connectivity index (χ4v) is 2.53. The van der Waals surface area contributed by atoms with Crippen molar-refractivity contribution >= 4 is 11.5 Å². The lowest BCUT2D eigenvalue weighted by Crippen LogP contribution is -2.03. The summed E-state index contributed by atoms with van der Waals surface area (Å²) in [6, 6.07) is 8.37. The number of nitrogens with zero attached hydrogens (tertiary/aromatic N) is 2. The van der Waals surface area contributed by atoms with Crippen molar-refractivity contribution in [1.29, 1.82) is 0 Å². The molecule has 98 valence electrons. The van der Waals surface area contributed by atoms with E-state index in [1.165, 1.54) is 23.2 Å². The third-order valence-corrected chi connectivity index (χ3v) is 3.52. The van der Waals surface area contributed by atoms with E-state index >= 15 is 0 Å². The van der Waals surface area contributed by atoms with Gasteiger partial charge in [-0.2, -0.15) is 0 Å². The van der Waals surface area contributed by atoms with Crippen LogP contribution in [-0.4, -0.2) is 16.5 Å². The Labute approximate surface area is 113 Å². The first-order valence-electron chi connectivity index (χ1n) is 6.75. The van der Waals surface area contributed by atoms with Crippen LogP contribution in [0, 0.1) is 0 Å². The van der Waals surface area contributed by atoms with Crippen molar-refractivity contribution in [3.05, 3.63) is 47.4 Å². The molecule has 4 heteroatoms. The Morgan fingerprint density at radius 2 is 1.95 bits per heavy atom. The van der Waals surface area contributed by atoms with Crippen LogP contribution in [0.2, 0.25) is 0 Å². The van der Waals surface area contributed by atoms with Gasteiger partial charge in [-0.3, -0.25) is 0 Å². The van der Waals surface area contributed by atoms with Crippen molar-refractivity contribution in [3.63, 3.8) is 0 Å². The maximum absolute atomic E-state index is 5.55. The van der Waals surface area contributed by atoms with E-state index in [0.717, 1.165) is 30.8 Å².